The van der Waals surface area contributed by atoms with Crippen LogP contribution < -0.4 is 0 Å². The molecule has 13 heavy (non-hydrogen) atoms. The molecule has 0 aliphatic carbocycles. The molecule has 0 rings (SSSR count). The van der Waals surface area contributed by atoms with Crippen molar-refractivity contribution in [1.29, 1.82) is 0 Å². The highest BCUT2D eigenvalue weighted by Gasteiger charge is 1.99. The summed E-state index contributed by atoms with van der Waals surface area (Å²) in [5, 5.41) is 1.50. The predicted molar refractivity (Wildman–Crippen MR) is 50.2 cm³/mol. The minimum Gasteiger partial charge on any atom is -0.466 e. The predicted octanol–water partition coefficient (Wildman–Crippen LogP) is 0.969. The highest BCUT2D eigenvalue weighted by Crippen LogP contribution is 2.02. The SMILES string of the molecule is CCOC(=O)CS/C=C\C(=O)OC. The fourth-order valence-electron chi connectivity index (χ4n) is 0.491. The van der Waals surface area contributed by atoms with Gasteiger partial charge in [-0.15, -0.1) is 11.8 Å². The minimum atomic E-state index is -0.434. The van der Waals surface area contributed by atoms with Crippen molar-refractivity contribution in [3.63, 3.8) is 0 Å². The van der Waals surface area contributed by atoms with Crippen LogP contribution in [0.5, 0.6) is 0 Å². The average molecular weight is 204 g/mol. The van der Waals surface area contributed by atoms with Crippen molar-refractivity contribution in [3.8, 4) is 0 Å². The molecule has 0 unspecified atom stereocenters. The second kappa shape index (κ2) is 7.67. The summed E-state index contributed by atoms with van der Waals surface area (Å²) in [4.78, 5) is 21.3. The van der Waals surface area contributed by atoms with E-state index in [9.17, 15) is 9.59 Å². The Morgan fingerprint density at radius 2 is 2.15 bits per heavy atom. The molecule has 0 aromatic heterocycles. The number of hydrogen-bond acceptors (Lipinski definition) is 5. The fraction of sp³-hybridized carbons (Fsp3) is 0.500. The molecule has 0 N–H and O–H groups in total. The van der Waals surface area contributed by atoms with E-state index in [-0.39, 0.29) is 11.7 Å². The van der Waals surface area contributed by atoms with Gasteiger partial charge in [-0.2, -0.15) is 0 Å². The Morgan fingerprint density at radius 1 is 1.46 bits per heavy atom. The Labute approximate surface area is 81.3 Å². The van der Waals surface area contributed by atoms with Crippen LogP contribution in [-0.4, -0.2) is 31.4 Å². The van der Waals surface area contributed by atoms with Gasteiger partial charge in [0.1, 0.15) is 0 Å². The van der Waals surface area contributed by atoms with Gasteiger partial charge in [0.15, 0.2) is 0 Å². The van der Waals surface area contributed by atoms with Gasteiger partial charge in [-0.1, -0.05) is 0 Å². The van der Waals surface area contributed by atoms with E-state index < -0.39 is 5.97 Å². The third-order valence-electron chi connectivity index (χ3n) is 1.01. The molecule has 0 saturated heterocycles. The smallest absolute Gasteiger partial charge is 0.330 e. The maximum Gasteiger partial charge on any atom is 0.330 e. The van der Waals surface area contributed by atoms with Crippen LogP contribution in [0.15, 0.2) is 11.5 Å². The first-order chi connectivity index (χ1) is 6.20. The van der Waals surface area contributed by atoms with Gasteiger partial charge in [0.25, 0.3) is 0 Å². The summed E-state index contributed by atoms with van der Waals surface area (Å²) in [5.74, 6) is -0.514. The maximum atomic E-state index is 10.8. The summed E-state index contributed by atoms with van der Waals surface area (Å²) in [6, 6.07) is 0. The number of esters is 2. The third-order valence-corrected chi connectivity index (χ3v) is 1.74. The molecule has 74 valence electrons. The van der Waals surface area contributed by atoms with E-state index in [1.807, 2.05) is 0 Å². The van der Waals surface area contributed by atoms with Gasteiger partial charge >= 0.3 is 11.9 Å². The molecule has 0 aliphatic heterocycles. The molecule has 0 bridgehead atoms. The number of methoxy groups -OCH3 is 1. The molecule has 0 saturated carbocycles. The minimum absolute atomic E-state index is 0.210. The number of thioether (sulfide) groups is 1. The summed E-state index contributed by atoms with van der Waals surface area (Å²) >= 11 is 1.19. The number of rotatable bonds is 5. The van der Waals surface area contributed by atoms with Crippen molar-refractivity contribution in [3.05, 3.63) is 11.5 Å². The Balaban J connectivity index is 3.49. The molecular formula is C8H12O4S. The van der Waals surface area contributed by atoms with E-state index in [1.54, 1.807) is 6.92 Å². The van der Waals surface area contributed by atoms with Crippen LogP contribution in [0.4, 0.5) is 0 Å². The van der Waals surface area contributed by atoms with E-state index in [4.69, 9.17) is 0 Å². The number of carbonyl (C=O) groups excluding carboxylic acids is 2. The first-order valence-electron chi connectivity index (χ1n) is 3.72. The van der Waals surface area contributed by atoms with Gasteiger partial charge in [-0.3, -0.25) is 4.79 Å². The average Bonchev–Trinajstić information content (AvgIpc) is 2.12. The zero-order valence-electron chi connectivity index (χ0n) is 7.61. The lowest BCUT2D eigenvalue weighted by Crippen LogP contribution is -2.05. The van der Waals surface area contributed by atoms with Crippen molar-refractivity contribution in [2.24, 2.45) is 0 Å². The molecule has 0 aromatic rings. The highest BCUT2D eigenvalue weighted by molar-refractivity contribution is 8.02. The Morgan fingerprint density at radius 3 is 2.69 bits per heavy atom. The van der Waals surface area contributed by atoms with Gasteiger partial charge in [0.05, 0.1) is 19.5 Å². The summed E-state index contributed by atoms with van der Waals surface area (Å²) in [6.07, 6.45) is 1.25. The molecule has 0 aromatic carbocycles. The second-order valence-corrected chi connectivity index (χ2v) is 2.84. The van der Waals surface area contributed by atoms with Crippen LogP contribution in [0.25, 0.3) is 0 Å². The summed E-state index contributed by atoms with van der Waals surface area (Å²) in [5.41, 5.74) is 0. The largest absolute Gasteiger partial charge is 0.466 e. The normalized spacial score (nSPS) is 10.0. The molecule has 0 heterocycles. The molecule has 0 fully saturated rings. The molecule has 0 amide bonds. The fourth-order valence-corrected chi connectivity index (χ4v) is 1.01. The quantitative estimate of drug-likeness (QED) is 0.493. The van der Waals surface area contributed by atoms with Crippen molar-refractivity contribution in [1.82, 2.24) is 0 Å². The lowest BCUT2D eigenvalue weighted by molar-refractivity contribution is -0.140. The molecule has 5 heteroatoms. The molecular weight excluding hydrogens is 192 g/mol. The lowest BCUT2D eigenvalue weighted by Gasteiger charge is -1.97. The zero-order valence-corrected chi connectivity index (χ0v) is 8.43. The summed E-state index contributed by atoms with van der Waals surface area (Å²) in [7, 11) is 1.29. The molecule has 4 nitrogen and oxygen atoms in total. The van der Waals surface area contributed by atoms with Crippen LogP contribution in [0.3, 0.4) is 0 Å². The van der Waals surface area contributed by atoms with Gasteiger partial charge in [0.2, 0.25) is 0 Å². The summed E-state index contributed by atoms with van der Waals surface area (Å²) in [6.45, 7) is 2.12. The molecule has 0 radical (unpaired) electrons. The first-order valence-corrected chi connectivity index (χ1v) is 4.77. The van der Waals surface area contributed by atoms with E-state index in [1.165, 1.54) is 30.4 Å². The van der Waals surface area contributed by atoms with Crippen LogP contribution in [-0.2, 0) is 19.1 Å². The Bertz CT molecular complexity index is 200. The second-order valence-electron chi connectivity index (χ2n) is 1.94. The maximum absolute atomic E-state index is 10.8. The monoisotopic (exact) mass is 204 g/mol. The highest BCUT2D eigenvalue weighted by atomic mass is 32.2. The van der Waals surface area contributed by atoms with Crippen LogP contribution >= 0.6 is 11.8 Å². The summed E-state index contributed by atoms with van der Waals surface area (Å²) < 4.78 is 9.01. The van der Waals surface area contributed by atoms with E-state index >= 15 is 0 Å². The molecule has 0 atom stereocenters. The van der Waals surface area contributed by atoms with Crippen molar-refractivity contribution >= 4 is 23.7 Å². The number of carbonyl (C=O) groups is 2. The topological polar surface area (TPSA) is 52.6 Å². The van der Waals surface area contributed by atoms with E-state index in [2.05, 4.69) is 9.47 Å². The van der Waals surface area contributed by atoms with E-state index in [0.29, 0.717) is 6.61 Å². The standard InChI is InChI=1S/C8H12O4S/c1-3-12-8(10)6-13-5-4-7(9)11-2/h4-5H,3,6H2,1-2H3/b5-4-. The van der Waals surface area contributed by atoms with E-state index in [0.717, 1.165) is 0 Å². The number of hydrogen-bond donors (Lipinski definition) is 0. The van der Waals surface area contributed by atoms with Crippen LogP contribution in [0.1, 0.15) is 6.92 Å². The Hall–Kier alpha value is -0.970. The van der Waals surface area contributed by atoms with Crippen molar-refractivity contribution in [2.45, 2.75) is 6.92 Å². The van der Waals surface area contributed by atoms with Crippen molar-refractivity contribution < 1.29 is 19.1 Å². The number of ether oxygens (including phenoxy) is 2. The lowest BCUT2D eigenvalue weighted by atomic mass is 10.7. The van der Waals surface area contributed by atoms with Gasteiger partial charge in [0, 0.05) is 6.08 Å². The van der Waals surface area contributed by atoms with Crippen LogP contribution in [0.2, 0.25) is 0 Å². The first kappa shape index (κ1) is 12.0. The molecule has 0 aliphatic rings. The Kier molecular flexibility index (Phi) is 7.10. The van der Waals surface area contributed by atoms with Crippen LogP contribution in [0, 0.1) is 0 Å². The zero-order chi connectivity index (χ0) is 10.1. The van der Waals surface area contributed by atoms with Gasteiger partial charge < -0.3 is 9.47 Å². The van der Waals surface area contributed by atoms with Gasteiger partial charge in [-0.25, -0.2) is 4.79 Å². The van der Waals surface area contributed by atoms with Gasteiger partial charge in [-0.05, 0) is 12.3 Å². The van der Waals surface area contributed by atoms with Crippen molar-refractivity contribution in [2.75, 3.05) is 19.5 Å². The molecule has 0 spiro atoms. The third kappa shape index (κ3) is 7.39.